The smallest absolute Gasteiger partial charge is 0.341 e. The lowest BCUT2D eigenvalue weighted by Crippen LogP contribution is -2.53. The summed E-state index contributed by atoms with van der Waals surface area (Å²) in [7, 11) is 0.729. The maximum atomic E-state index is 15.1. The molecular weight excluding hydrogens is 641 g/mol. The SMILES string of the molecule is COC[C@H]1CN(c2ccc3c4c(c(=O)oc3c2Cl)CN(C(=O)c2c(F)cccc2C(=O)NS(=O)(=O)N(C)C(C)C)CC4)CCN1C. The van der Waals surface area contributed by atoms with Crippen molar-refractivity contribution < 1.29 is 31.6 Å². The highest BCUT2D eigenvalue weighted by Crippen LogP contribution is 2.37. The zero-order valence-corrected chi connectivity index (χ0v) is 27.9. The van der Waals surface area contributed by atoms with Gasteiger partial charge in [0.1, 0.15) is 10.8 Å². The molecule has 248 valence electrons. The number of fused-ring (bicyclic) bond motifs is 3. The highest BCUT2D eigenvalue weighted by Gasteiger charge is 2.33. The number of anilines is 1. The van der Waals surface area contributed by atoms with Gasteiger partial charge in [-0.3, -0.25) is 14.5 Å². The van der Waals surface area contributed by atoms with Gasteiger partial charge in [0, 0.05) is 51.8 Å². The minimum atomic E-state index is -4.26. The van der Waals surface area contributed by atoms with E-state index in [4.69, 9.17) is 20.8 Å². The van der Waals surface area contributed by atoms with Crippen LogP contribution >= 0.6 is 11.6 Å². The van der Waals surface area contributed by atoms with Gasteiger partial charge < -0.3 is 19.0 Å². The molecule has 15 heteroatoms. The second-order valence-corrected chi connectivity index (χ2v) is 14.0. The topological polar surface area (TPSA) is 133 Å². The Bertz CT molecular complexity index is 1850. The molecule has 3 heterocycles. The summed E-state index contributed by atoms with van der Waals surface area (Å²) >= 11 is 6.85. The van der Waals surface area contributed by atoms with Gasteiger partial charge in [-0.15, -0.1) is 0 Å². The fourth-order valence-corrected chi connectivity index (χ4v) is 7.22. The third kappa shape index (κ3) is 6.36. The minimum absolute atomic E-state index is 0.102. The van der Waals surface area contributed by atoms with Crippen LogP contribution in [0.25, 0.3) is 11.0 Å². The molecule has 0 spiro atoms. The number of nitrogens with zero attached hydrogens (tertiary/aromatic N) is 4. The predicted molar refractivity (Wildman–Crippen MR) is 172 cm³/mol. The first-order chi connectivity index (χ1) is 21.7. The van der Waals surface area contributed by atoms with Gasteiger partial charge in [-0.1, -0.05) is 17.7 Å². The molecule has 2 aromatic carbocycles. The average molecular weight is 678 g/mol. The molecule has 1 fully saturated rings. The number of rotatable bonds is 8. The van der Waals surface area contributed by atoms with E-state index >= 15 is 4.39 Å². The maximum absolute atomic E-state index is 15.1. The zero-order valence-electron chi connectivity index (χ0n) is 26.3. The number of ether oxygens (including phenoxy) is 1. The van der Waals surface area contributed by atoms with E-state index < -0.39 is 50.6 Å². The molecule has 1 N–H and O–H groups in total. The monoisotopic (exact) mass is 677 g/mol. The van der Waals surface area contributed by atoms with Crippen molar-refractivity contribution in [3.8, 4) is 0 Å². The van der Waals surface area contributed by atoms with Crippen molar-refractivity contribution in [2.45, 2.75) is 38.9 Å². The van der Waals surface area contributed by atoms with Crippen molar-refractivity contribution in [2.75, 3.05) is 58.9 Å². The molecule has 3 aromatic rings. The summed E-state index contributed by atoms with van der Waals surface area (Å²) < 4.78 is 54.4. The van der Waals surface area contributed by atoms with E-state index in [0.29, 0.717) is 29.1 Å². The Morgan fingerprint density at radius 1 is 1.17 bits per heavy atom. The number of carbonyl (C=O) groups excluding carboxylic acids is 2. The number of hydrogen-bond acceptors (Lipinski definition) is 9. The van der Waals surface area contributed by atoms with E-state index in [0.717, 1.165) is 29.1 Å². The Labute approximate surface area is 271 Å². The summed E-state index contributed by atoms with van der Waals surface area (Å²) in [6, 6.07) is 6.85. The number of methoxy groups -OCH3 is 1. The Morgan fingerprint density at radius 2 is 1.91 bits per heavy atom. The van der Waals surface area contributed by atoms with Gasteiger partial charge in [-0.05, 0) is 57.1 Å². The van der Waals surface area contributed by atoms with Crippen LogP contribution in [0.4, 0.5) is 10.1 Å². The summed E-state index contributed by atoms with van der Waals surface area (Å²) in [6.45, 7) is 5.90. The molecule has 12 nitrogen and oxygen atoms in total. The molecule has 1 saturated heterocycles. The Kier molecular flexibility index (Phi) is 9.76. The second-order valence-electron chi connectivity index (χ2n) is 11.8. The molecule has 0 radical (unpaired) electrons. The molecule has 2 aliphatic heterocycles. The summed E-state index contributed by atoms with van der Waals surface area (Å²) in [5, 5.41) is 0.958. The third-order valence-corrected chi connectivity index (χ3v) is 10.7. The van der Waals surface area contributed by atoms with Crippen LogP contribution in [0.5, 0.6) is 0 Å². The number of carbonyl (C=O) groups is 2. The number of piperazine rings is 1. The lowest BCUT2D eigenvalue weighted by atomic mass is 9.96. The summed E-state index contributed by atoms with van der Waals surface area (Å²) in [4.78, 5) is 45.6. The molecule has 0 unspecified atom stereocenters. The number of hydrogen-bond donors (Lipinski definition) is 1. The third-order valence-electron chi connectivity index (χ3n) is 8.75. The van der Waals surface area contributed by atoms with E-state index in [1.807, 2.05) is 23.9 Å². The van der Waals surface area contributed by atoms with Crippen LogP contribution in [0.2, 0.25) is 5.02 Å². The number of benzene rings is 2. The molecule has 0 saturated carbocycles. The molecular formula is C31H37ClFN5O7S. The normalized spacial score (nSPS) is 17.5. The Balaban J connectivity index is 1.43. The predicted octanol–water partition coefficient (Wildman–Crippen LogP) is 2.87. The fraction of sp³-hybridized carbons (Fsp3) is 0.452. The molecule has 46 heavy (non-hydrogen) atoms. The van der Waals surface area contributed by atoms with Crippen LogP contribution in [0.3, 0.4) is 0 Å². The maximum Gasteiger partial charge on any atom is 0.341 e. The molecule has 0 aliphatic carbocycles. The van der Waals surface area contributed by atoms with Gasteiger partial charge in [0.15, 0.2) is 5.58 Å². The lowest BCUT2D eigenvalue weighted by molar-refractivity contribution is 0.0722. The van der Waals surface area contributed by atoms with E-state index in [9.17, 15) is 22.8 Å². The molecule has 0 bridgehead atoms. The highest BCUT2D eigenvalue weighted by atomic mass is 35.5. The van der Waals surface area contributed by atoms with Crippen LogP contribution in [0, 0.1) is 5.82 Å². The van der Waals surface area contributed by atoms with E-state index in [-0.39, 0.29) is 36.7 Å². The number of amides is 2. The first kappa shape index (κ1) is 33.8. The van der Waals surface area contributed by atoms with E-state index in [1.165, 1.54) is 24.1 Å². The summed E-state index contributed by atoms with van der Waals surface area (Å²) in [6.07, 6.45) is 0.243. The lowest BCUT2D eigenvalue weighted by Gasteiger charge is -2.40. The van der Waals surface area contributed by atoms with Gasteiger partial charge in [0.2, 0.25) is 0 Å². The van der Waals surface area contributed by atoms with Crippen LogP contribution in [-0.4, -0.2) is 100 Å². The number of likely N-dealkylation sites (N-methyl/N-ethyl adjacent to an activating group) is 1. The van der Waals surface area contributed by atoms with Crippen molar-refractivity contribution in [1.29, 1.82) is 0 Å². The Hall–Kier alpha value is -3.56. The zero-order chi connectivity index (χ0) is 33.5. The van der Waals surface area contributed by atoms with Crippen LogP contribution < -0.4 is 15.2 Å². The van der Waals surface area contributed by atoms with Gasteiger partial charge >= 0.3 is 15.8 Å². The molecule has 5 rings (SSSR count). The average Bonchev–Trinajstić information content (AvgIpc) is 3.01. The van der Waals surface area contributed by atoms with Gasteiger partial charge in [0.05, 0.1) is 41.6 Å². The number of halogens is 2. The van der Waals surface area contributed by atoms with Gasteiger partial charge in [0.25, 0.3) is 11.8 Å². The molecule has 1 atom stereocenters. The molecule has 2 aliphatic rings. The van der Waals surface area contributed by atoms with Crippen LogP contribution in [0.15, 0.2) is 39.5 Å². The first-order valence-corrected chi connectivity index (χ1v) is 16.7. The van der Waals surface area contributed by atoms with Gasteiger partial charge in [-0.2, -0.15) is 12.7 Å². The van der Waals surface area contributed by atoms with Crippen LogP contribution in [-0.2, 0) is 27.9 Å². The second kappa shape index (κ2) is 13.3. The van der Waals surface area contributed by atoms with Crippen molar-refractivity contribution >= 4 is 50.3 Å². The molecule has 2 amide bonds. The molecule has 1 aromatic heterocycles. The summed E-state index contributed by atoms with van der Waals surface area (Å²) in [5.41, 5.74) is 0.175. The largest absolute Gasteiger partial charge is 0.421 e. The standard InChI is InChI=1S/C31H37ClFN5O7S/c1-18(2)36(4)46(42,43)34-29(39)22-7-6-8-24(33)26(22)30(40)38-12-11-20-21-9-10-25(27(32)28(21)45-31(41)23(20)16-38)37-14-13-35(3)19(15-37)17-44-5/h6-10,18-19H,11-17H2,1-5H3,(H,34,39)/t19-/m1/s1. The Morgan fingerprint density at radius 3 is 2.61 bits per heavy atom. The summed E-state index contributed by atoms with van der Waals surface area (Å²) in [5.74, 6) is -3.02. The fourth-order valence-electron chi connectivity index (χ4n) is 5.85. The quantitative estimate of drug-likeness (QED) is 0.358. The van der Waals surface area contributed by atoms with E-state index in [1.54, 1.807) is 21.0 Å². The van der Waals surface area contributed by atoms with Crippen LogP contribution in [0.1, 0.15) is 45.7 Å². The van der Waals surface area contributed by atoms with Crippen molar-refractivity contribution in [3.63, 3.8) is 0 Å². The van der Waals surface area contributed by atoms with Gasteiger partial charge in [-0.25, -0.2) is 13.9 Å². The van der Waals surface area contributed by atoms with E-state index in [2.05, 4.69) is 9.80 Å². The van der Waals surface area contributed by atoms with Crippen molar-refractivity contribution in [3.05, 3.63) is 73.8 Å². The number of nitrogens with one attached hydrogen (secondary N) is 1. The minimum Gasteiger partial charge on any atom is -0.421 e. The first-order valence-electron chi connectivity index (χ1n) is 14.8. The van der Waals surface area contributed by atoms with Crippen molar-refractivity contribution in [1.82, 2.24) is 18.8 Å². The van der Waals surface area contributed by atoms with Crippen molar-refractivity contribution in [2.24, 2.45) is 0 Å². The highest BCUT2D eigenvalue weighted by molar-refractivity contribution is 7.87.